The molecule has 1 aromatic heterocycles. The summed E-state index contributed by atoms with van der Waals surface area (Å²) >= 11 is 0. The first-order valence-electron chi connectivity index (χ1n) is 7.58. The van der Waals surface area contributed by atoms with E-state index in [1.807, 2.05) is 43.3 Å². The van der Waals surface area contributed by atoms with Gasteiger partial charge in [-0.2, -0.15) is 5.10 Å². The van der Waals surface area contributed by atoms with Gasteiger partial charge in [0.25, 0.3) is 0 Å². The quantitative estimate of drug-likeness (QED) is 0.503. The van der Waals surface area contributed by atoms with Crippen molar-refractivity contribution < 1.29 is 14.3 Å². The number of ether oxygens (including phenoxy) is 1. The van der Waals surface area contributed by atoms with Gasteiger partial charge in [-0.25, -0.2) is 9.48 Å². The summed E-state index contributed by atoms with van der Waals surface area (Å²) < 4.78 is 6.52. The second-order valence-corrected chi connectivity index (χ2v) is 4.75. The first-order valence-corrected chi connectivity index (χ1v) is 7.58. The Hall–Kier alpha value is -3.15. The van der Waals surface area contributed by atoms with E-state index in [4.69, 9.17) is 4.74 Å². The van der Waals surface area contributed by atoms with Gasteiger partial charge in [0.2, 0.25) is 5.91 Å². The highest BCUT2D eigenvalue weighted by Gasteiger charge is 2.20. The molecule has 0 unspecified atom stereocenters. The van der Waals surface area contributed by atoms with Crippen molar-refractivity contribution in [3.8, 4) is 5.69 Å². The van der Waals surface area contributed by atoms with Gasteiger partial charge in [0.15, 0.2) is 5.82 Å². The Balaban J connectivity index is 2.39. The van der Waals surface area contributed by atoms with Crippen LogP contribution in [-0.4, -0.2) is 28.3 Å². The SMILES string of the molecule is C/C=C/C=C/C(=O)Nc1c(C(=O)OCC)cnn1-c1ccccc1. The molecule has 0 radical (unpaired) electrons. The molecule has 2 aromatic rings. The summed E-state index contributed by atoms with van der Waals surface area (Å²) in [5, 5.41) is 6.90. The minimum atomic E-state index is -0.535. The summed E-state index contributed by atoms with van der Waals surface area (Å²) in [4.78, 5) is 24.2. The van der Waals surface area contributed by atoms with E-state index in [0.29, 0.717) is 0 Å². The van der Waals surface area contributed by atoms with Crippen LogP contribution in [0.4, 0.5) is 5.82 Å². The molecule has 6 heteroatoms. The monoisotopic (exact) mass is 325 g/mol. The van der Waals surface area contributed by atoms with Crippen molar-refractivity contribution in [1.82, 2.24) is 9.78 Å². The number of carbonyl (C=O) groups excluding carboxylic acids is 2. The van der Waals surface area contributed by atoms with Gasteiger partial charge in [0, 0.05) is 6.08 Å². The van der Waals surface area contributed by atoms with Gasteiger partial charge in [-0.15, -0.1) is 0 Å². The number of benzene rings is 1. The maximum Gasteiger partial charge on any atom is 0.343 e. The van der Waals surface area contributed by atoms with Gasteiger partial charge in [-0.1, -0.05) is 36.4 Å². The summed E-state index contributed by atoms with van der Waals surface area (Å²) in [6, 6.07) is 9.22. The van der Waals surface area contributed by atoms with Crippen LogP contribution >= 0.6 is 0 Å². The summed E-state index contributed by atoms with van der Waals surface area (Å²) in [6.45, 7) is 3.81. The molecule has 24 heavy (non-hydrogen) atoms. The maximum atomic E-state index is 12.1. The molecule has 0 saturated heterocycles. The number of nitrogens with one attached hydrogen (secondary N) is 1. The lowest BCUT2D eigenvalue weighted by Crippen LogP contribution is -2.16. The molecule has 1 heterocycles. The lowest BCUT2D eigenvalue weighted by atomic mass is 10.3. The van der Waals surface area contributed by atoms with E-state index >= 15 is 0 Å². The fourth-order valence-corrected chi connectivity index (χ4v) is 2.00. The predicted octanol–water partition coefficient (Wildman–Crippen LogP) is 3.12. The first-order chi connectivity index (χ1) is 11.7. The van der Waals surface area contributed by atoms with Crippen molar-refractivity contribution in [3.05, 3.63) is 66.4 Å². The molecule has 124 valence electrons. The Morgan fingerprint density at radius 3 is 2.67 bits per heavy atom. The molecule has 0 spiro atoms. The Morgan fingerprint density at radius 2 is 2.00 bits per heavy atom. The van der Waals surface area contributed by atoms with E-state index < -0.39 is 5.97 Å². The van der Waals surface area contributed by atoms with Crippen LogP contribution < -0.4 is 5.32 Å². The number of rotatable bonds is 6. The number of anilines is 1. The third-order valence-corrected chi connectivity index (χ3v) is 3.06. The highest BCUT2D eigenvalue weighted by atomic mass is 16.5. The van der Waals surface area contributed by atoms with Gasteiger partial charge in [-0.3, -0.25) is 4.79 Å². The van der Waals surface area contributed by atoms with Crippen molar-refractivity contribution in [2.75, 3.05) is 11.9 Å². The molecule has 0 aliphatic heterocycles. The zero-order valence-corrected chi connectivity index (χ0v) is 13.6. The zero-order valence-electron chi connectivity index (χ0n) is 13.6. The number of allylic oxidation sites excluding steroid dienone is 3. The number of nitrogens with zero attached hydrogens (tertiary/aromatic N) is 2. The minimum Gasteiger partial charge on any atom is -0.462 e. The summed E-state index contributed by atoms with van der Waals surface area (Å²) in [6.07, 6.45) is 7.92. The number of para-hydroxylation sites is 1. The van der Waals surface area contributed by atoms with Crippen LogP contribution in [0.5, 0.6) is 0 Å². The molecule has 1 amide bonds. The lowest BCUT2D eigenvalue weighted by Gasteiger charge is -2.09. The lowest BCUT2D eigenvalue weighted by molar-refractivity contribution is -0.111. The van der Waals surface area contributed by atoms with E-state index in [1.54, 1.807) is 19.1 Å². The second-order valence-electron chi connectivity index (χ2n) is 4.75. The molecule has 0 atom stereocenters. The molecule has 0 saturated carbocycles. The van der Waals surface area contributed by atoms with E-state index in [1.165, 1.54) is 17.0 Å². The summed E-state index contributed by atoms with van der Waals surface area (Å²) in [7, 11) is 0. The Bertz CT molecular complexity index is 761. The predicted molar refractivity (Wildman–Crippen MR) is 92.1 cm³/mol. The molecule has 1 aromatic carbocycles. The van der Waals surface area contributed by atoms with Crippen LogP contribution in [0.25, 0.3) is 5.69 Å². The van der Waals surface area contributed by atoms with Gasteiger partial charge < -0.3 is 10.1 Å². The molecule has 2 rings (SSSR count). The Kier molecular flexibility index (Phi) is 6.08. The number of hydrogen-bond acceptors (Lipinski definition) is 4. The number of amides is 1. The van der Waals surface area contributed by atoms with Crippen LogP contribution in [0.3, 0.4) is 0 Å². The first kappa shape index (κ1) is 17.2. The third-order valence-electron chi connectivity index (χ3n) is 3.06. The van der Waals surface area contributed by atoms with Gasteiger partial charge >= 0.3 is 5.97 Å². The van der Waals surface area contributed by atoms with Crippen molar-refractivity contribution in [2.24, 2.45) is 0 Å². The molecule has 0 aliphatic carbocycles. The van der Waals surface area contributed by atoms with E-state index in [2.05, 4.69) is 10.4 Å². The standard InChI is InChI=1S/C18H19N3O3/c1-3-5-7-12-16(22)20-17-15(18(23)24-4-2)13-19-21(17)14-10-8-6-9-11-14/h3,5-13H,4H2,1-2H3,(H,20,22)/b5-3+,12-7+. The van der Waals surface area contributed by atoms with Crippen LogP contribution in [0.1, 0.15) is 24.2 Å². The van der Waals surface area contributed by atoms with E-state index in [9.17, 15) is 9.59 Å². The molecule has 0 fully saturated rings. The number of aromatic nitrogens is 2. The molecule has 0 bridgehead atoms. The molecule has 6 nitrogen and oxygen atoms in total. The Morgan fingerprint density at radius 1 is 1.25 bits per heavy atom. The normalized spacial score (nSPS) is 11.1. The number of esters is 1. The van der Waals surface area contributed by atoms with E-state index in [-0.39, 0.29) is 23.9 Å². The number of carbonyl (C=O) groups is 2. The molecule has 0 aliphatic rings. The third kappa shape index (κ3) is 4.19. The largest absolute Gasteiger partial charge is 0.462 e. The fraction of sp³-hybridized carbons (Fsp3) is 0.167. The topological polar surface area (TPSA) is 73.2 Å². The van der Waals surface area contributed by atoms with Crippen LogP contribution in [0.15, 0.2) is 60.8 Å². The highest BCUT2D eigenvalue weighted by molar-refractivity contribution is 6.04. The highest BCUT2D eigenvalue weighted by Crippen LogP contribution is 2.21. The van der Waals surface area contributed by atoms with Gasteiger partial charge in [0.05, 0.1) is 18.5 Å². The van der Waals surface area contributed by atoms with Crippen molar-refractivity contribution in [2.45, 2.75) is 13.8 Å². The van der Waals surface area contributed by atoms with Crippen LogP contribution in [0, 0.1) is 0 Å². The zero-order chi connectivity index (χ0) is 17.4. The second kappa shape index (κ2) is 8.47. The van der Waals surface area contributed by atoms with E-state index in [0.717, 1.165) is 5.69 Å². The smallest absolute Gasteiger partial charge is 0.343 e. The Labute approximate surface area is 140 Å². The van der Waals surface area contributed by atoms with Crippen molar-refractivity contribution in [1.29, 1.82) is 0 Å². The maximum absolute atomic E-state index is 12.1. The van der Waals surface area contributed by atoms with Crippen molar-refractivity contribution in [3.63, 3.8) is 0 Å². The fourth-order valence-electron chi connectivity index (χ4n) is 2.00. The van der Waals surface area contributed by atoms with Gasteiger partial charge in [-0.05, 0) is 26.0 Å². The summed E-state index contributed by atoms with van der Waals surface area (Å²) in [5.74, 6) is -0.626. The van der Waals surface area contributed by atoms with Crippen LogP contribution in [-0.2, 0) is 9.53 Å². The average molecular weight is 325 g/mol. The van der Waals surface area contributed by atoms with Crippen LogP contribution in [0.2, 0.25) is 0 Å². The average Bonchev–Trinajstić information content (AvgIpc) is 2.99. The van der Waals surface area contributed by atoms with Gasteiger partial charge in [0.1, 0.15) is 5.56 Å². The summed E-state index contributed by atoms with van der Waals surface area (Å²) in [5.41, 5.74) is 0.925. The molecular formula is C18H19N3O3. The molecular weight excluding hydrogens is 306 g/mol. The minimum absolute atomic E-state index is 0.202. The number of hydrogen-bond donors (Lipinski definition) is 1. The molecule has 1 N–H and O–H groups in total. The van der Waals surface area contributed by atoms with Crippen molar-refractivity contribution >= 4 is 17.7 Å².